The monoisotopic (exact) mass is 315 g/mol. The molecule has 23 heavy (non-hydrogen) atoms. The fraction of sp³-hybridized carbons (Fsp3) is 0.235. The van der Waals surface area contributed by atoms with Gasteiger partial charge in [-0.15, -0.1) is 0 Å². The van der Waals surface area contributed by atoms with Crippen molar-refractivity contribution in [2.45, 2.75) is 25.7 Å². The average molecular weight is 315 g/mol. The van der Waals surface area contributed by atoms with E-state index in [-0.39, 0.29) is 12.8 Å². The molecule has 0 saturated heterocycles. The standard InChI is InChI=1S/C14H11N3O.C3H4F2/c1-10-2-3-12(17-9-18)7-13(10)14-6-11(8-15)4-5-16-14;4-3(5)1-2-3/h2-7,9H,1H3,(H,17,18);1-2H2. The van der Waals surface area contributed by atoms with Gasteiger partial charge in [0.1, 0.15) is 0 Å². The lowest BCUT2D eigenvalue weighted by Crippen LogP contribution is -1.95. The van der Waals surface area contributed by atoms with Gasteiger partial charge in [0.15, 0.2) is 0 Å². The summed E-state index contributed by atoms with van der Waals surface area (Å²) in [6, 6.07) is 11.0. The number of nitrogens with one attached hydrogen (secondary N) is 1. The van der Waals surface area contributed by atoms with Crippen molar-refractivity contribution in [3.63, 3.8) is 0 Å². The van der Waals surface area contributed by atoms with Crippen molar-refractivity contribution in [1.82, 2.24) is 4.98 Å². The van der Waals surface area contributed by atoms with Crippen LogP contribution in [0.15, 0.2) is 36.5 Å². The van der Waals surface area contributed by atoms with Crippen molar-refractivity contribution < 1.29 is 13.6 Å². The van der Waals surface area contributed by atoms with Crippen LogP contribution in [0.3, 0.4) is 0 Å². The first-order valence-corrected chi connectivity index (χ1v) is 7.00. The Balaban J connectivity index is 0.000000326. The van der Waals surface area contributed by atoms with Crippen LogP contribution < -0.4 is 5.32 Å². The molecule has 3 rings (SSSR count). The van der Waals surface area contributed by atoms with E-state index in [0.29, 0.717) is 17.7 Å². The molecule has 2 aromatic rings. The summed E-state index contributed by atoms with van der Waals surface area (Å²) in [4.78, 5) is 14.7. The van der Waals surface area contributed by atoms with E-state index in [2.05, 4.69) is 16.4 Å². The Kier molecular flexibility index (Phi) is 5.02. The number of pyridine rings is 1. The number of carbonyl (C=O) groups excluding carboxylic acids is 1. The highest BCUT2D eigenvalue weighted by atomic mass is 19.3. The highest BCUT2D eigenvalue weighted by molar-refractivity contribution is 5.76. The van der Waals surface area contributed by atoms with Crippen LogP contribution in [0.25, 0.3) is 11.3 Å². The number of carbonyl (C=O) groups is 1. The lowest BCUT2D eigenvalue weighted by atomic mass is 10.0. The average Bonchev–Trinajstić information content (AvgIpc) is 3.25. The highest BCUT2D eigenvalue weighted by Gasteiger charge is 2.43. The molecule has 6 heteroatoms. The van der Waals surface area contributed by atoms with Crippen molar-refractivity contribution in [2.24, 2.45) is 0 Å². The fourth-order valence-corrected chi connectivity index (χ4v) is 1.80. The van der Waals surface area contributed by atoms with Crippen LogP contribution in [0.5, 0.6) is 0 Å². The summed E-state index contributed by atoms with van der Waals surface area (Å²) in [5.74, 6) is -2.25. The molecule has 1 amide bonds. The van der Waals surface area contributed by atoms with Crippen LogP contribution in [0.1, 0.15) is 24.0 Å². The van der Waals surface area contributed by atoms with Crippen LogP contribution in [0.4, 0.5) is 14.5 Å². The Labute approximate surface area is 132 Å². The van der Waals surface area contributed by atoms with E-state index < -0.39 is 5.92 Å². The minimum Gasteiger partial charge on any atom is -0.329 e. The normalized spacial score (nSPS) is 14.0. The second kappa shape index (κ2) is 6.97. The van der Waals surface area contributed by atoms with E-state index in [4.69, 9.17) is 5.26 Å². The molecular weight excluding hydrogens is 300 g/mol. The third kappa shape index (κ3) is 4.85. The smallest absolute Gasteiger partial charge is 0.248 e. The van der Waals surface area contributed by atoms with Crippen LogP contribution in [0, 0.1) is 18.3 Å². The number of hydrogen-bond acceptors (Lipinski definition) is 3. The highest BCUT2D eigenvalue weighted by Crippen LogP contribution is 2.40. The molecule has 1 heterocycles. The van der Waals surface area contributed by atoms with Gasteiger partial charge in [0.05, 0.1) is 17.3 Å². The number of rotatable bonds is 3. The molecule has 0 bridgehead atoms. The van der Waals surface area contributed by atoms with Crippen LogP contribution in [-0.4, -0.2) is 17.3 Å². The minimum absolute atomic E-state index is 0.118. The fourth-order valence-electron chi connectivity index (χ4n) is 1.80. The molecule has 0 atom stereocenters. The first-order valence-electron chi connectivity index (χ1n) is 7.00. The van der Waals surface area contributed by atoms with Crippen molar-refractivity contribution in [1.29, 1.82) is 5.26 Å². The zero-order valence-electron chi connectivity index (χ0n) is 12.5. The molecular formula is C17H15F2N3O. The van der Waals surface area contributed by atoms with E-state index in [1.807, 2.05) is 25.1 Å². The number of hydrogen-bond donors (Lipinski definition) is 1. The number of aromatic nitrogens is 1. The van der Waals surface area contributed by atoms with Gasteiger partial charge in [-0.25, -0.2) is 8.78 Å². The summed E-state index contributed by atoms with van der Waals surface area (Å²) in [6.07, 6.45) is 2.47. The second-order valence-electron chi connectivity index (χ2n) is 5.19. The van der Waals surface area contributed by atoms with Gasteiger partial charge >= 0.3 is 0 Å². The molecule has 4 nitrogen and oxygen atoms in total. The van der Waals surface area contributed by atoms with Gasteiger partial charge in [0.2, 0.25) is 12.3 Å². The maximum atomic E-state index is 11.1. The number of nitrogens with zero attached hydrogens (tertiary/aromatic N) is 2. The lowest BCUT2D eigenvalue weighted by Gasteiger charge is -2.08. The molecule has 1 aromatic carbocycles. The quantitative estimate of drug-likeness (QED) is 0.873. The molecule has 1 N–H and O–H groups in total. The Bertz CT molecular complexity index is 748. The number of alkyl halides is 2. The predicted molar refractivity (Wildman–Crippen MR) is 83.0 cm³/mol. The van der Waals surface area contributed by atoms with Gasteiger partial charge in [-0.2, -0.15) is 5.26 Å². The zero-order chi connectivity index (χ0) is 16.9. The van der Waals surface area contributed by atoms with Gasteiger partial charge in [0.25, 0.3) is 0 Å². The maximum Gasteiger partial charge on any atom is 0.248 e. The Morgan fingerprint density at radius 2 is 2.00 bits per heavy atom. The van der Waals surface area contributed by atoms with E-state index in [1.54, 1.807) is 18.3 Å². The molecule has 0 radical (unpaired) electrons. The molecule has 1 saturated carbocycles. The van der Waals surface area contributed by atoms with E-state index in [9.17, 15) is 13.6 Å². The van der Waals surface area contributed by atoms with Crippen molar-refractivity contribution in [3.8, 4) is 17.3 Å². The molecule has 118 valence electrons. The van der Waals surface area contributed by atoms with Crippen molar-refractivity contribution in [3.05, 3.63) is 47.7 Å². The van der Waals surface area contributed by atoms with E-state index in [1.165, 1.54) is 0 Å². The first kappa shape index (κ1) is 16.6. The lowest BCUT2D eigenvalue weighted by molar-refractivity contribution is -0.105. The summed E-state index contributed by atoms with van der Waals surface area (Å²) >= 11 is 0. The van der Waals surface area contributed by atoms with Crippen LogP contribution >= 0.6 is 0 Å². The molecule has 1 aliphatic rings. The van der Waals surface area contributed by atoms with Gasteiger partial charge in [-0.05, 0) is 36.8 Å². The predicted octanol–water partition coefficient (Wildman–Crippen LogP) is 3.91. The second-order valence-corrected chi connectivity index (χ2v) is 5.19. The third-order valence-corrected chi connectivity index (χ3v) is 3.26. The van der Waals surface area contributed by atoms with Gasteiger partial charge < -0.3 is 5.32 Å². The molecule has 1 aliphatic carbocycles. The molecule has 0 aliphatic heterocycles. The Morgan fingerprint density at radius 3 is 2.57 bits per heavy atom. The van der Waals surface area contributed by atoms with Crippen LogP contribution in [-0.2, 0) is 4.79 Å². The zero-order valence-corrected chi connectivity index (χ0v) is 12.5. The van der Waals surface area contributed by atoms with Gasteiger partial charge in [-0.1, -0.05) is 6.07 Å². The summed E-state index contributed by atoms with van der Waals surface area (Å²) in [5, 5.41) is 11.5. The summed E-state index contributed by atoms with van der Waals surface area (Å²) in [7, 11) is 0. The SMILES string of the molecule is Cc1ccc(NC=O)cc1-c1cc(C#N)ccn1.FC1(F)CC1. The largest absolute Gasteiger partial charge is 0.329 e. The van der Waals surface area contributed by atoms with Crippen molar-refractivity contribution >= 4 is 12.1 Å². The Hall–Kier alpha value is -2.81. The topological polar surface area (TPSA) is 65.8 Å². The number of benzene rings is 1. The van der Waals surface area contributed by atoms with Crippen molar-refractivity contribution in [2.75, 3.05) is 5.32 Å². The van der Waals surface area contributed by atoms with E-state index >= 15 is 0 Å². The third-order valence-electron chi connectivity index (χ3n) is 3.26. The molecule has 0 spiro atoms. The molecule has 0 unspecified atom stereocenters. The number of halogens is 2. The number of anilines is 1. The minimum atomic E-state index is -2.25. The summed E-state index contributed by atoms with van der Waals surface area (Å²) in [6.45, 7) is 1.96. The summed E-state index contributed by atoms with van der Waals surface area (Å²) in [5.41, 5.74) is 3.93. The van der Waals surface area contributed by atoms with Gasteiger partial charge in [-0.3, -0.25) is 9.78 Å². The number of amides is 1. The molecule has 1 aromatic heterocycles. The number of nitriles is 1. The summed E-state index contributed by atoms with van der Waals surface area (Å²) < 4.78 is 22.3. The first-order chi connectivity index (χ1) is 10.9. The van der Waals surface area contributed by atoms with Crippen LogP contribution in [0.2, 0.25) is 0 Å². The molecule has 1 fully saturated rings. The van der Waals surface area contributed by atoms with Gasteiger partial charge in [0, 0.05) is 30.3 Å². The number of aryl methyl sites for hydroxylation is 1. The maximum absolute atomic E-state index is 11.1. The Morgan fingerprint density at radius 1 is 1.30 bits per heavy atom. The van der Waals surface area contributed by atoms with E-state index in [0.717, 1.165) is 16.8 Å².